The molecule has 0 aliphatic rings. The molecule has 0 fully saturated rings. The third-order valence-electron chi connectivity index (χ3n) is 8.44. The van der Waals surface area contributed by atoms with Crippen molar-refractivity contribution >= 4 is 34.4 Å². The van der Waals surface area contributed by atoms with Gasteiger partial charge in [-0.25, -0.2) is 4.79 Å². The van der Waals surface area contributed by atoms with Crippen molar-refractivity contribution in [2.45, 2.75) is 104 Å². The maximum atomic E-state index is 14.9. The molecule has 0 aliphatic heterocycles. The summed E-state index contributed by atoms with van der Waals surface area (Å²) in [6.45, 7) is 11.9. The minimum Gasteiger partial charge on any atom is -0.444 e. The second kappa shape index (κ2) is 17.7. The van der Waals surface area contributed by atoms with Gasteiger partial charge in [-0.3, -0.25) is 9.59 Å². The van der Waals surface area contributed by atoms with Gasteiger partial charge in [-0.1, -0.05) is 129 Å². The van der Waals surface area contributed by atoms with E-state index in [1.165, 1.54) is 6.42 Å². The smallest absolute Gasteiger partial charge is 0.408 e. The normalized spacial score (nSPS) is 12.6. The molecule has 2 atom stereocenters. The Bertz CT molecular complexity index is 1680. The van der Waals surface area contributed by atoms with E-state index in [0.717, 1.165) is 65.1 Å². The molecule has 0 saturated heterocycles. The maximum Gasteiger partial charge on any atom is 0.408 e. The molecule has 7 nitrogen and oxygen atoms in total. The van der Waals surface area contributed by atoms with Crippen LogP contribution in [-0.2, 0) is 20.7 Å². The van der Waals surface area contributed by atoms with Crippen LogP contribution >= 0.6 is 0 Å². The number of fused-ring (bicyclic) bond motifs is 1. The van der Waals surface area contributed by atoms with Gasteiger partial charge in [0.2, 0.25) is 5.91 Å². The second-order valence-electron chi connectivity index (χ2n) is 14.1. The van der Waals surface area contributed by atoms with Gasteiger partial charge in [0.25, 0.3) is 5.91 Å². The Balaban J connectivity index is 1.76. The fourth-order valence-electron chi connectivity index (χ4n) is 6.25. The molecule has 4 aromatic carbocycles. The van der Waals surface area contributed by atoms with Crippen LogP contribution < -0.4 is 10.6 Å². The standard InChI is InChI=1S/C42H53N3O4/c1-7-8-9-10-11-17-24-45(40(47)37(28-32-18-13-12-14-19-32)44-41(48)49-42(4,5)6)38(35-26-30(2)25-31(3)27-35)39(46)43-36-23-22-33-20-15-16-21-34(33)29-36/h12-16,18-23,25-27,29,37-38H,7-11,17,24,28H2,1-6H3,(H,43,46)(H,44,48). The van der Waals surface area contributed by atoms with Crippen molar-refractivity contribution in [3.8, 4) is 0 Å². The molecule has 2 unspecified atom stereocenters. The number of amides is 3. The van der Waals surface area contributed by atoms with Crippen LogP contribution in [0.2, 0.25) is 0 Å². The molecule has 0 aliphatic carbocycles. The van der Waals surface area contributed by atoms with E-state index in [0.29, 0.717) is 12.2 Å². The summed E-state index contributed by atoms with van der Waals surface area (Å²) in [5.74, 6) is -0.642. The van der Waals surface area contributed by atoms with Crippen molar-refractivity contribution in [1.29, 1.82) is 0 Å². The second-order valence-corrected chi connectivity index (χ2v) is 14.1. The highest BCUT2D eigenvalue weighted by atomic mass is 16.6. The van der Waals surface area contributed by atoms with Gasteiger partial charge in [0.15, 0.2) is 0 Å². The largest absolute Gasteiger partial charge is 0.444 e. The lowest BCUT2D eigenvalue weighted by Gasteiger charge is -2.35. The zero-order chi connectivity index (χ0) is 35.4. The highest BCUT2D eigenvalue weighted by Crippen LogP contribution is 2.29. The molecule has 2 N–H and O–H groups in total. The first-order valence-electron chi connectivity index (χ1n) is 17.7. The summed E-state index contributed by atoms with van der Waals surface area (Å²) in [5.41, 5.74) is 3.52. The topological polar surface area (TPSA) is 87.7 Å². The Morgan fingerprint density at radius 2 is 1.39 bits per heavy atom. The number of ether oxygens (including phenoxy) is 1. The van der Waals surface area contributed by atoms with Crippen molar-refractivity contribution in [2.75, 3.05) is 11.9 Å². The molecule has 0 aromatic heterocycles. The van der Waals surface area contributed by atoms with Gasteiger partial charge in [-0.2, -0.15) is 0 Å². The van der Waals surface area contributed by atoms with Crippen LogP contribution in [0, 0.1) is 13.8 Å². The maximum absolute atomic E-state index is 14.9. The van der Waals surface area contributed by atoms with Crippen LogP contribution in [0.3, 0.4) is 0 Å². The number of hydrogen-bond donors (Lipinski definition) is 2. The third-order valence-corrected chi connectivity index (χ3v) is 8.44. The van der Waals surface area contributed by atoms with E-state index in [1.807, 2.05) is 98.8 Å². The van der Waals surface area contributed by atoms with Crippen molar-refractivity contribution < 1.29 is 19.1 Å². The summed E-state index contributed by atoms with van der Waals surface area (Å²) < 4.78 is 5.61. The Labute approximate surface area is 292 Å². The molecular formula is C42H53N3O4. The molecule has 260 valence electrons. The number of anilines is 1. The minimum atomic E-state index is -0.959. The number of nitrogens with zero attached hydrogens (tertiary/aromatic N) is 1. The van der Waals surface area contributed by atoms with Crippen LogP contribution in [0.15, 0.2) is 91.0 Å². The molecule has 4 rings (SSSR count). The van der Waals surface area contributed by atoms with E-state index in [9.17, 15) is 14.4 Å². The lowest BCUT2D eigenvalue weighted by atomic mass is 9.97. The van der Waals surface area contributed by atoms with E-state index in [1.54, 1.807) is 25.7 Å². The van der Waals surface area contributed by atoms with E-state index in [-0.39, 0.29) is 18.2 Å². The average molecular weight is 664 g/mol. The first kappa shape index (κ1) is 37.2. The van der Waals surface area contributed by atoms with E-state index in [2.05, 4.69) is 23.6 Å². The summed E-state index contributed by atoms with van der Waals surface area (Å²) >= 11 is 0. The lowest BCUT2D eigenvalue weighted by Crippen LogP contribution is -2.53. The lowest BCUT2D eigenvalue weighted by molar-refractivity contribution is -0.140. The monoisotopic (exact) mass is 663 g/mol. The van der Waals surface area contributed by atoms with Crippen molar-refractivity contribution in [2.24, 2.45) is 0 Å². The summed E-state index contributed by atoms with van der Waals surface area (Å²) in [7, 11) is 0. The number of hydrogen-bond acceptors (Lipinski definition) is 4. The summed E-state index contributed by atoms with van der Waals surface area (Å²) in [4.78, 5) is 44.3. The Kier molecular flexibility index (Phi) is 13.4. The molecule has 0 saturated carbocycles. The third kappa shape index (κ3) is 11.5. The van der Waals surface area contributed by atoms with E-state index in [4.69, 9.17) is 4.74 Å². The molecule has 0 spiro atoms. The van der Waals surface area contributed by atoms with Crippen LogP contribution in [0.25, 0.3) is 10.8 Å². The van der Waals surface area contributed by atoms with Gasteiger partial charge in [0.05, 0.1) is 0 Å². The summed E-state index contributed by atoms with van der Waals surface area (Å²) in [5, 5.41) is 8.09. The molecule has 0 bridgehead atoms. The Hall–Kier alpha value is -4.65. The number of nitrogens with one attached hydrogen (secondary N) is 2. The highest BCUT2D eigenvalue weighted by molar-refractivity contribution is 6.00. The number of alkyl carbamates (subject to hydrolysis) is 1. The predicted octanol–water partition coefficient (Wildman–Crippen LogP) is 9.46. The number of benzene rings is 4. The SMILES string of the molecule is CCCCCCCCN(C(=O)C(Cc1ccccc1)NC(=O)OC(C)(C)C)C(C(=O)Nc1ccc2ccccc2c1)c1cc(C)cc(C)c1. The zero-order valence-corrected chi connectivity index (χ0v) is 30.1. The first-order chi connectivity index (χ1) is 23.4. The zero-order valence-electron chi connectivity index (χ0n) is 30.1. The van der Waals surface area contributed by atoms with Crippen LogP contribution in [0.1, 0.15) is 94.5 Å². The first-order valence-corrected chi connectivity index (χ1v) is 17.7. The number of carbonyl (C=O) groups excluding carboxylic acids is 3. The summed E-state index contributed by atoms with van der Waals surface area (Å²) in [6, 6.07) is 27.5. The average Bonchev–Trinajstić information content (AvgIpc) is 3.04. The fraction of sp³-hybridized carbons (Fsp3) is 0.405. The molecule has 4 aromatic rings. The molecular weight excluding hydrogens is 610 g/mol. The number of rotatable bonds is 15. The fourth-order valence-corrected chi connectivity index (χ4v) is 6.25. The quantitative estimate of drug-likeness (QED) is 0.124. The molecule has 49 heavy (non-hydrogen) atoms. The number of unbranched alkanes of at least 4 members (excludes halogenated alkanes) is 5. The highest BCUT2D eigenvalue weighted by Gasteiger charge is 2.36. The number of aryl methyl sites for hydroxylation is 2. The van der Waals surface area contributed by atoms with Gasteiger partial charge in [-0.05, 0) is 75.1 Å². The van der Waals surface area contributed by atoms with Crippen LogP contribution in [-0.4, -0.2) is 41.0 Å². The van der Waals surface area contributed by atoms with Gasteiger partial charge < -0.3 is 20.3 Å². The minimum absolute atomic E-state index is 0.248. The van der Waals surface area contributed by atoms with Crippen molar-refractivity contribution in [3.63, 3.8) is 0 Å². The molecule has 0 heterocycles. The van der Waals surface area contributed by atoms with Crippen molar-refractivity contribution in [1.82, 2.24) is 10.2 Å². The van der Waals surface area contributed by atoms with E-state index >= 15 is 0 Å². The van der Waals surface area contributed by atoms with Crippen molar-refractivity contribution in [3.05, 3.63) is 113 Å². The Morgan fingerprint density at radius 3 is 2.06 bits per heavy atom. The molecule has 0 radical (unpaired) electrons. The predicted molar refractivity (Wildman–Crippen MR) is 200 cm³/mol. The molecule has 3 amide bonds. The summed E-state index contributed by atoms with van der Waals surface area (Å²) in [6.07, 6.45) is 5.72. The van der Waals surface area contributed by atoms with Gasteiger partial charge in [0.1, 0.15) is 17.7 Å². The van der Waals surface area contributed by atoms with Gasteiger partial charge in [0, 0.05) is 18.7 Å². The molecule has 7 heteroatoms. The van der Waals surface area contributed by atoms with Crippen LogP contribution in [0.4, 0.5) is 10.5 Å². The van der Waals surface area contributed by atoms with Gasteiger partial charge in [-0.15, -0.1) is 0 Å². The van der Waals surface area contributed by atoms with Gasteiger partial charge >= 0.3 is 6.09 Å². The Morgan fingerprint density at radius 1 is 0.755 bits per heavy atom. The number of carbonyl (C=O) groups is 3. The van der Waals surface area contributed by atoms with E-state index < -0.39 is 23.8 Å². The van der Waals surface area contributed by atoms with Crippen LogP contribution in [0.5, 0.6) is 0 Å².